The van der Waals surface area contributed by atoms with Gasteiger partial charge in [0.2, 0.25) is 9.84 Å². The van der Waals surface area contributed by atoms with E-state index in [1.807, 2.05) is 6.92 Å². The molecule has 108 valence electrons. The van der Waals surface area contributed by atoms with Crippen LogP contribution < -0.4 is 0 Å². The van der Waals surface area contributed by atoms with Crippen LogP contribution in [0.5, 0.6) is 0 Å². The Morgan fingerprint density at radius 3 is 2.10 bits per heavy atom. The third kappa shape index (κ3) is 2.69. The summed E-state index contributed by atoms with van der Waals surface area (Å²) in [7, 11) is -3.47. The standard InChI is InChI=1S/C16H15NO3S/c1-12-2-6-14(7-3-12)21(18,19)15-8-4-13(5-9-15)16-10-11-17-20-16/h2-9,11,16H,10H2,1H3. The second-order valence-electron chi connectivity index (χ2n) is 5.00. The van der Waals surface area contributed by atoms with Crippen LogP contribution in [0.1, 0.15) is 23.7 Å². The van der Waals surface area contributed by atoms with E-state index in [0.717, 1.165) is 11.1 Å². The molecule has 3 rings (SSSR count). The van der Waals surface area contributed by atoms with Crippen molar-refractivity contribution in [2.75, 3.05) is 0 Å². The molecule has 0 N–H and O–H groups in total. The van der Waals surface area contributed by atoms with Gasteiger partial charge in [-0.05, 0) is 36.8 Å². The van der Waals surface area contributed by atoms with Gasteiger partial charge in [-0.3, -0.25) is 0 Å². The third-order valence-electron chi connectivity index (χ3n) is 3.48. The van der Waals surface area contributed by atoms with Crippen LogP contribution in [0.4, 0.5) is 0 Å². The van der Waals surface area contributed by atoms with Crippen molar-refractivity contribution < 1.29 is 13.3 Å². The number of benzene rings is 2. The van der Waals surface area contributed by atoms with Crippen LogP contribution in [-0.2, 0) is 14.7 Å². The van der Waals surface area contributed by atoms with Crippen LogP contribution in [0.2, 0.25) is 0 Å². The molecule has 0 saturated heterocycles. The molecule has 0 spiro atoms. The normalized spacial score (nSPS) is 17.7. The van der Waals surface area contributed by atoms with Crippen LogP contribution in [0, 0.1) is 6.92 Å². The zero-order valence-electron chi connectivity index (χ0n) is 11.6. The lowest BCUT2D eigenvalue weighted by atomic mass is 10.1. The molecule has 0 bridgehead atoms. The van der Waals surface area contributed by atoms with Crippen molar-refractivity contribution in [3.63, 3.8) is 0 Å². The summed E-state index contributed by atoms with van der Waals surface area (Å²) in [5.74, 6) is 0. The molecule has 1 atom stereocenters. The molecule has 0 amide bonds. The van der Waals surface area contributed by atoms with Gasteiger partial charge in [-0.15, -0.1) is 0 Å². The summed E-state index contributed by atoms with van der Waals surface area (Å²) in [5.41, 5.74) is 1.96. The highest BCUT2D eigenvalue weighted by atomic mass is 32.2. The summed E-state index contributed by atoms with van der Waals surface area (Å²) in [4.78, 5) is 5.78. The van der Waals surface area contributed by atoms with E-state index in [1.54, 1.807) is 54.7 Å². The fourth-order valence-electron chi connectivity index (χ4n) is 2.21. The number of sulfone groups is 1. The quantitative estimate of drug-likeness (QED) is 0.874. The largest absolute Gasteiger partial charge is 0.388 e. The molecule has 2 aromatic rings. The molecular formula is C16H15NO3S. The zero-order valence-corrected chi connectivity index (χ0v) is 12.4. The predicted molar refractivity (Wildman–Crippen MR) is 80.0 cm³/mol. The van der Waals surface area contributed by atoms with Crippen molar-refractivity contribution in [1.82, 2.24) is 0 Å². The first-order valence-electron chi connectivity index (χ1n) is 6.67. The zero-order chi connectivity index (χ0) is 14.9. The molecule has 21 heavy (non-hydrogen) atoms. The van der Waals surface area contributed by atoms with Gasteiger partial charge in [-0.2, -0.15) is 0 Å². The Morgan fingerprint density at radius 1 is 1.00 bits per heavy atom. The van der Waals surface area contributed by atoms with Gasteiger partial charge < -0.3 is 4.84 Å². The summed E-state index contributed by atoms with van der Waals surface area (Å²) in [6.45, 7) is 1.93. The molecule has 2 aromatic carbocycles. The summed E-state index contributed by atoms with van der Waals surface area (Å²) >= 11 is 0. The van der Waals surface area contributed by atoms with E-state index in [-0.39, 0.29) is 11.0 Å². The molecule has 0 aliphatic carbocycles. The molecule has 1 heterocycles. The lowest BCUT2D eigenvalue weighted by Gasteiger charge is -2.10. The maximum atomic E-state index is 12.5. The fourth-order valence-corrected chi connectivity index (χ4v) is 3.47. The molecule has 5 heteroatoms. The van der Waals surface area contributed by atoms with Gasteiger partial charge in [0.15, 0.2) is 6.10 Å². The van der Waals surface area contributed by atoms with Crippen molar-refractivity contribution in [2.24, 2.45) is 5.16 Å². The topological polar surface area (TPSA) is 55.7 Å². The second-order valence-corrected chi connectivity index (χ2v) is 6.95. The van der Waals surface area contributed by atoms with Gasteiger partial charge in [0.1, 0.15) is 0 Å². The van der Waals surface area contributed by atoms with Crippen molar-refractivity contribution >= 4 is 16.1 Å². The number of rotatable bonds is 3. The van der Waals surface area contributed by atoms with Gasteiger partial charge in [0.25, 0.3) is 0 Å². The monoisotopic (exact) mass is 301 g/mol. The van der Waals surface area contributed by atoms with Crippen molar-refractivity contribution in [2.45, 2.75) is 29.2 Å². The first-order chi connectivity index (χ1) is 10.1. The Bertz CT molecular complexity index is 754. The summed E-state index contributed by atoms with van der Waals surface area (Å²) in [5, 5.41) is 3.72. The van der Waals surface area contributed by atoms with Crippen LogP contribution >= 0.6 is 0 Å². The van der Waals surface area contributed by atoms with E-state index < -0.39 is 9.84 Å². The van der Waals surface area contributed by atoms with E-state index in [0.29, 0.717) is 11.3 Å². The van der Waals surface area contributed by atoms with Gasteiger partial charge in [-0.1, -0.05) is 35.0 Å². The highest BCUT2D eigenvalue weighted by Gasteiger charge is 2.20. The molecular weight excluding hydrogens is 286 g/mol. The minimum Gasteiger partial charge on any atom is -0.388 e. The molecule has 0 radical (unpaired) electrons. The SMILES string of the molecule is Cc1ccc(S(=O)(=O)c2ccc(C3CC=NO3)cc2)cc1. The number of hydrogen-bond donors (Lipinski definition) is 0. The molecule has 0 aromatic heterocycles. The van der Waals surface area contributed by atoms with Crippen LogP contribution in [0.25, 0.3) is 0 Å². The van der Waals surface area contributed by atoms with E-state index >= 15 is 0 Å². The van der Waals surface area contributed by atoms with E-state index in [2.05, 4.69) is 5.16 Å². The van der Waals surface area contributed by atoms with Crippen LogP contribution in [-0.4, -0.2) is 14.6 Å². The van der Waals surface area contributed by atoms with Crippen molar-refractivity contribution in [1.29, 1.82) is 0 Å². The van der Waals surface area contributed by atoms with Crippen LogP contribution in [0.3, 0.4) is 0 Å². The van der Waals surface area contributed by atoms with E-state index in [4.69, 9.17) is 4.84 Å². The molecule has 4 nitrogen and oxygen atoms in total. The Hall–Kier alpha value is -2.14. The third-order valence-corrected chi connectivity index (χ3v) is 5.26. The van der Waals surface area contributed by atoms with Crippen LogP contribution in [0.15, 0.2) is 63.5 Å². The summed E-state index contributed by atoms with van der Waals surface area (Å²) in [6.07, 6.45) is 2.31. The molecule has 1 aliphatic heterocycles. The van der Waals surface area contributed by atoms with Gasteiger partial charge in [-0.25, -0.2) is 8.42 Å². The minimum absolute atomic E-state index is 0.110. The summed E-state index contributed by atoms with van der Waals surface area (Å²) < 4.78 is 25.0. The Morgan fingerprint density at radius 2 is 1.57 bits per heavy atom. The van der Waals surface area contributed by atoms with Gasteiger partial charge in [0.05, 0.1) is 9.79 Å². The lowest BCUT2D eigenvalue weighted by molar-refractivity contribution is 0.0857. The lowest BCUT2D eigenvalue weighted by Crippen LogP contribution is -2.03. The van der Waals surface area contributed by atoms with Gasteiger partial charge >= 0.3 is 0 Å². The van der Waals surface area contributed by atoms with Crippen molar-refractivity contribution in [3.8, 4) is 0 Å². The Kier molecular flexibility index (Phi) is 3.51. The Balaban J connectivity index is 1.90. The second kappa shape index (κ2) is 5.33. The first kappa shape index (κ1) is 13.8. The Labute approximate surface area is 124 Å². The number of nitrogens with zero attached hydrogens (tertiary/aromatic N) is 1. The minimum atomic E-state index is -3.47. The maximum absolute atomic E-state index is 12.5. The van der Waals surface area contributed by atoms with E-state index in [1.165, 1.54) is 0 Å². The summed E-state index contributed by atoms with van der Waals surface area (Å²) in [6, 6.07) is 13.6. The smallest absolute Gasteiger partial charge is 0.206 e. The number of aryl methyl sites for hydroxylation is 1. The van der Waals surface area contributed by atoms with Crippen molar-refractivity contribution in [3.05, 3.63) is 59.7 Å². The highest BCUT2D eigenvalue weighted by Crippen LogP contribution is 2.27. The molecule has 0 fully saturated rings. The molecule has 0 saturated carbocycles. The molecule has 1 aliphatic rings. The average molecular weight is 301 g/mol. The van der Waals surface area contributed by atoms with E-state index in [9.17, 15) is 8.42 Å². The molecule has 1 unspecified atom stereocenters. The number of oxime groups is 1. The van der Waals surface area contributed by atoms with Gasteiger partial charge in [0, 0.05) is 12.6 Å². The number of hydrogen-bond acceptors (Lipinski definition) is 4. The highest BCUT2D eigenvalue weighted by molar-refractivity contribution is 7.91. The maximum Gasteiger partial charge on any atom is 0.206 e. The predicted octanol–water partition coefficient (Wildman–Crippen LogP) is 3.28. The average Bonchev–Trinajstić information content (AvgIpc) is 3.02. The fraction of sp³-hybridized carbons (Fsp3) is 0.188. The first-order valence-corrected chi connectivity index (χ1v) is 8.15.